The molecule has 5 nitrogen and oxygen atoms in total. The molecule has 6 heteroatoms. The molecule has 4 rings (SSSR count). The number of nitrogens with one attached hydrogen (secondary N) is 1. The normalized spacial score (nSPS) is 10.5. The molecule has 4 aromatic rings. The highest BCUT2D eigenvalue weighted by Gasteiger charge is 2.11. The molecule has 0 aromatic heterocycles. The van der Waals surface area contributed by atoms with E-state index >= 15 is 0 Å². The number of aliphatic hydroxyl groups is 1. The van der Waals surface area contributed by atoms with Gasteiger partial charge in [-0.3, -0.25) is 0 Å². The topological polar surface area (TPSA) is 54.0 Å². The minimum Gasteiger partial charge on any atom is -0.508 e. The van der Waals surface area contributed by atoms with E-state index in [1.165, 1.54) is 0 Å². The second-order valence-electron chi connectivity index (χ2n) is 8.50. The highest BCUT2D eigenvalue weighted by molar-refractivity contribution is 6.30. The second kappa shape index (κ2) is 11.1. The van der Waals surface area contributed by atoms with Crippen LogP contribution in [0.4, 0.5) is 22.7 Å². The molecule has 0 aliphatic rings. The molecular weight excluding hydrogens is 484 g/mol. The SMILES string of the molecule is C=C(O)c1cc(Nc2ccc(OC)c(OC)c2)cc(C(=C)c2ccc(N(C)c3ccc(Cl)cc3)cc2)c1. The Morgan fingerprint density at radius 1 is 0.730 bits per heavy atom. The number of hydrogen-bond acceptors (Lipinski definition) is 5. The maximum Gasteiger partial charge on any atom is 0.162 e. The van der Waals surface area contributed by atoms with Crippen LogP contribution in [0.25, 0.3) is 11.3 Å². The van der Waals surface area contributed by atoms with Gasteiger partial charge in [-0.2, -0.15) is 0 Å². The largest absolute Gasteiger partial charge is 0.508 e. The number of hydrogen-bond donors (Lipinski definition) is 2. The first-order valence-corrected chi connectivity index (χ1v) is 12.0. The first kappa shape index (κ1) is 25.7. The Balaban J connectivity index is 1.60. The Labute approximate surface area is 222 Å². The van der Waals surface area contributed by atoms with Gasteiger partial charge in [0.25, 0.3) is 0 Å². The minimum absolute atomic E-state index is 0.0232. The van der Waals surface area contributed by atoms with Gasteiger partial charge < -0.3 is 24.8 Å². The summed E-state index contributed by atoms with van der Waals surface area (Å²) in [6.45, 7) is 8.04. The summed E-state index contributed by atoms with van der Waals surface area (Å²) in [5.74, 6) is 1.23. The number of methoxy groups -OCH3 is 2. The van der Waals surface area contributed by atoms with Crippen LogP contribution in [0.1, 0.15) is 16.7 Å². The van der Waals surface area contributed by atoms with E-state index in [0.717, 1.165) is 39.4 Å². The van der Waals surface area contributed by atoms with Gasteiger partial charge in [-0.25, -0.2) is 0 Å². The van der Waals surface area contributed by atoms with Crippen molar-refractivity contribution in [1.82, 2.24) is 0 Å². The van der Waals surface area contributed by atoms with Crippen LogP contribution in [0, 0.1) is 0 Å². The van der Waals surface area contributed by atoms with Gasteiger partial charge in [0.15, 0.2) is 11.5 Å². The van der Waals surface area contributed by atoms with Crippen LogP contribution < -0.4 is 19.7 Å². The maximum absolute atomic E-state index is 10.2. The van der Waals surface area contributed by atoms with Crippen LogP contribution in [-0.2, 0) is 0 Å². The molecule has 0 radical (unpaired) electrons. The highest BCUT2D eigenvalue weighted by Crippen LogP contribution is 2.34. The standard InChI is InChI=1S/C31H29ClN2O3/c1-20(22-6-11-28(12-7-22)34(3)29-13-8-25(32)9-14-29)23-16-24(21(2)35)18-27(17-23)33-26-10-15-30(36-4)31(19-26)37-5/h6-19,33,35H,1-2H2,3-5H3. The van der Waals surface area contributed by atoms with Crippen LogP contribution in [-0.4, -0.2) is 26.4 Å². The number of halogens is 1. The summed E-state index contributed by atoms with van der Waals surface area (Å²) < 4.78 is 10.7. The molecule has 0 fully saturated rings. The number of ether oxygens (including phenoxy) is 2. The smallest absolute Gasteiger partial charge is 0.162 e. The Morgan fingerprint density at radius 3 is 1.92 bits per heavy atom. The molecule has 0 aliphatic carbocycles. The summed E-state index contributed by atoms with van der Waals surface area (Å²) in [5.41, 5.74) is 6.89. The molecular formula is C31H29ClN2O3. The molecule has 0 bridgehead atoms. The van der Waals surface area contributed by atoms with Gasteiger partial charge in [0.05, 0.1) is 14.2 Å². The zero-order valence-corrected chi connectivity index (χ0v) is 21.8. The lowest BCUT2D eigenvalue weighted by molar-refractivity contribution is 0.355. The van der Waals surface area contributed by atoms with Gasteiger partial charge in [0, 0.05) is 46.4 Å². The zero-order chi connectivity index (χ0) is 26.5. The fraction of sp³-hybridized carbons (Fsp3) is 0.0968. The van der Waals surface area contributed by atoms with Crippen molar-refractivity contribution in [2.24, 2.45) is 0 Å². The van der Waals surface area contributed by atoms with Crippen LogP contribution in [0.3, 0.4) is 0 Å². The van der Waals surface area contributed by atoms with Crippen molar-refractivity contribution in [1.29, 1.82) is 0 Å². The zero-order valence-electron chi connectivity index (χ0n) is 21.1. The fourth-order valence-corrected chi connectivity index (χ4v) is 4.11. The summed E-state index contributed by atoms with van der Waals surface area (Å²) in [6, 6.07) is 27.1. The van der Waals surface area contributed by atoms with E-state index < -0.39 is 0 Å². The van der Waals surface area contributed by atoms with Gasteiger partial charge in [-0.1, -0.05) is 36.9 Å². The van der Waals surface area contributed by atoms with E-state index in [1.807, 2.05) is 92.0 Å². The molecule has 188 valence electrons. The number of benzene rings is 4. The summed E-state index contributed by atoms with van der Waals surface area (Å²) >= 11 is 6.02. The van der Waals surface area contributed by atoms with E-state index in [2.05, 4.69) is 23.4 Å². The number of rotatable bonds is 9. The molecule has 0 atom stereocenters. The lowest BCUT2D eigenvalue weighted by Gasteiger charge is -2.20. The summed E-state index contributed by atoms with van der Waals surface area (Å²) in [6.07, 6.45) is 0. The predicted molar refractivity (Wildman–Crippen MR) is 155 cm³/mol. The first-order valence-electron chi connectivity index (χ1n) is 11.6. The van der Waals surface area contributed by atoms with E-state index in [4.69, 9.17) is 21.1 Å². The lowest BCUT2D eigenvalue weighted by atomic mass is 9.96. The highest BCUT2D eigenvalue weighted by atomic mass is 35.5. The number of anilines is 4. The molecule has 4 aromatic carbocycles. The molecule has 2 N–H and O–H groups in total. The van der Waals surface area contributed by atoms with Crippen molar-refractivity contribution < 1.29 is 14.6 Å². The van der Waals surface area contributed by atoms with Crippen LogP contribution in [0.2, 0.25) is 5.02 Å². The van der Waals surface area contributed by atoms with Gasteiger partial charge >= 0.3 is 0 Å². The quantitative estimate of drug-likeness (QED) is 0.220. The van der Waals surface area contributed by atoms with E-state index in [9.17, 15) is 5.11 Å². The van der Waals surface area contributed by atoms with Crippen molar-refractivity contribution in [2.45, 2.75) is 0 Å². The van der Waals surface area contributed by atoms with E-state index in [-0.39, 0.29) is 5.76 Å². The minimum atomic E-state index is -0.0232. The molecule has 0 saturated heterocycles. The van der Waals surface area contributed by atoms with Gasteiger partial charge in [0.1, 0.15) is 5.76 Å². The van der Waals surface area contributed by atoms with Crippen molar-refractivity contribution in [3.8, 4) is 11.5 Å². The van der Waals surface area contributed by atoms with E-state index in [0.29, 0.717) is 22.1 Å². The molecule has 0 spiro atoms. The van der Waals surface area contributed by atoms with Crippen molar-refractivity contribution in [3.05, 3.63) is 120 Å². The van der Waals surface area contributed by atoms with E-state index in [1.54, 1.807) is 14.2 Å². The molecule has 0 amide bonds. The average Bonchev–Trinajstić information content (AvgIpc) is 2.92. The predicted octanol–water partition coefficient (Wildman–Crippen LogP) is 8.46. The Bertz CT molecular complexity index is 1430. The Hall–Kier alpha value is -4.35. The lowest BCUT2D eigenvalue weighted by Crippen LogP contribution is -2.09. The number of nitrogens with zero attached hydrogens (tertiary/aromatic N) is 1. The second-order valence-corrected chi connectivity index (χ2v) is 8.94. The molecule has 0 heterocycles. The maximum atomic E-state index is 10.2. The summed E-state index contributed by atoms with van der Waals surface area (Å²) in [7, 11) is 5.20. The van der Waals surface area contributed by atoms with Crippen molar-refractivity contribution >= 4 is 45.7 Å². The van der Waals surface area contributed by atoms with Crippen LogP contribution in [0.5, 0.6) is 11.5 Å². The van der Waals surface area contributed by atoms with Crippen molar-refractivity contribution in [2.75, 3.05) is 31.5 Å². The molecule has 0 unspecified atom stereocenters. The van der Waals surface area contributed by atoms with Crippen molar-refractivity contribution in [3.63, 3.8) is 0 Å². The number of aliphatic hydroxyl groups excluding tert-OH is 1. The summed E-state index contributed by atoms with van der Waals surface area (Å²) in [5, 5.41) is 14.2. The first-order chi connectivity index (χ1) is 17.8. The molecule has 0 aliphatic heterocycles. The fourth-order valence-electron chi connectivity index (χ4n) is 3.99. The summed E-state index contributed by atoms with van der Waals surface area (Å²) in [4.78, 5) is 2.09. The van der Waals surface area contributed by atoms with Crippen LogP contribution in [0.15, 0.2) is 98.1 Å². The third-order valence-electron chi connectivity index (χ3n) is 6.10. The molecule has 0 saturated carbocycles. The third-order valence-corrected chi connectivity index (χ3v) is 6.36. The van der Waals surface area contributed by atoms with Gasteiger partial charge in [-0.05, 0) is 83.4 Å². The third kappa shape index (κ3) is 5.90. The Morgan fingerprint density at radius 2 is 1.32 bits per heavy atom. The van der Waals surface area contributed by atoms with Crippen LogP contribution >= 0.6 is 11.6 Å². The average molecular weight is 513 g/mol. The molecule has 37 heavy (non-hydrogen) atoms. The monoisotopic (exact) mass is 512 g/mol. The Kier molecular flexibility index (Phi) is 7.75. The van der Waals surface area contributed by atoms with Gasteiger partial charge in [0.2, 0.25) is 0 Å². The van der Waals surface area contributed by atoms with Gasteiger partial charge in [-0.15, -0.1) is 0 Å².